The van der Waals surface area contributed by atoms with Crippen LogP contribution in [-0.4, -0.2) is 9.96 Å². The second-order valence-corrected chi connectivity index (χ2v) is 4.43. The van der Waals surface area contributed by atoms with Gasteiger partial charge in [-0.2, -0.15) is 0 Å². The second-order valence-electron chi connectivity index (χ2n) is 2.59. The minimum atomic E-state index is -0.476. The summed E-state index contributed by atoms with van der Waals surface area (Å²) < 4.78 is 5.13. The monoisotopic (exact) mass is 291 g/mol. The molecule has 0 fully saturated rings. The minimum Gasteiger partial charge on any atom is -0.455 e. The van der Waals surface area contributed by atoms with Crippen LogP contribution < -0.4 is 10.1 Å². The van der Waals surface area contributed by atoms with Crippen molar-refractivity contribution in [3.63, 3.8) is 0 Å². The van der Waals surface area contributed by atoms with Gasteiger partial charge in [-0.3, -0.25) is 0 Å². The number of hydrogen-bond donors (Lipinski definition) is 1. The summed E-state index contributed by atoms with van der Waals surface area (Å²) in [6.07, 6.45) is 0. The zero-order valence-corrected chi connectivity index (χ0v) is 9.35. The third kappa shape index (κ3) is 1.33. The summed E-state index contributed by atoms with van der Waals surface area (Å²) in [7, 11) is 0. The van der Waals surface area contributed by atoms with Crippen molar-refractivity contribution in [3.8, 4) is 5.75 Å². The highest BCUT2D eigenvalue weighted by Gasteiger charge is 2.34. The van der Waals surface area contributed by atoms with E-state index in [1.165, 1.54) is 0 Å². The Morgan fingerprint density at radius 1 is 1.42 bits per heavy atom. The Kier molecular flexibility index (Phi) is 2.04. The first-order valence-electron chi connectivity index (χ1n) is 3.55. The number of halogens is 2. The molecule has 0 amide bonds. The van der Waals surface area contributed by atoms with Crippen LogP contribution in [0.25, 0.3) is 0 Å². The number of alkyl halides is 2. The lowest BCUT2D eigenvalue weighted by atomic mass is 10.3. The molecule has 4 heteroatoms. The molecule has 0 spiro atoms. The number of nitrogens with one attached hydrogen (secondary N) is 1. The van der Waals surface area contributed by atoms with E-state index in [1.807, 2.05) is 24.3 Å². The summed E-state index contributed by atoms with van der Waals surface area (Å²) in [6, 6.07) is 7.85. The number of para-hydroxylation sites is 2. The molecular formula is C8H7Br2NO. The molecule has 0 aliphatic carbocycles. The van der Waals surface area contributed by atoms with Gasteiger partial charge < -0.3 is 10.1 Å². The smallest absolute Gasteiger partial charge is 0.247 e. The number of benzene rings is 1. The number of ether oxygens (including phenoxy) is 1. The summed E-state index contributed by atoms with van der Waals surface area (Å²) in [5.74, 6) is 0.883. The normalized spacial score (nSPS) is 25.8. The summed E-state index contributed by atoms with van der Waals surface area (Å²) in [5, 5.41) is 3.90. The standard InChI is InChI=1S/C8H7Br2NO/c9-5-8(10)11-6-3-1-2-4-7(6)12-8/h1-4,11H,5H2. The van der Waals surface area contributed by atoms with Crippen LogP contribution in [0.1, 0.15) is 0 Å². The molecule has 64 valence electrons. The van der Waals surface area contributed by atoms with Crippen LogP contribution in [0.5, 0.6) is 5.75 Å². The third-order valence-electron chi connectivity index (χ3n) is 1.65. The predicted molar refractivity (Wildman–Crippen MR) is 56.1 cm³/mol. The molecule has 1 unspecified atom stereocenters. The molecule has 1 atom stereocenters. The first-order chi connectivity index (χ1) is 5.73. The highest BCUT2D eigenvalue weighted by molar-refractivity contribution is 9.12. The fourth-order valence-corrected chi connectivity index (χ4v) is 1.76. The van der Waals surface area contributed by atoms with E-state index in [4.69, 9.17) is 4.74 Å². The molecule has 1 aliphatic rings. The molecule has 0 saturated carbocycles. The maximum absolute atomic E-state index is 5.60. The maximum Gasteiger partial charge on any atom is 0.247 e. The topological polar surface area (TPSA) is 21.3 Å². The number of anilines is 1. The predicted octanol–water partition coefficient (Wildman–Crippen LogP) is 2.93. The highest BCUT2D eigenvalue weighted by atomic mass is 79.9. The molecule has 0 saturated heterocycles. The van der Waals surface area contributed by atoms with Crippen LogP contribution in [0.3, 0.4) is 0 Å². The molecule has 1 aliphatic heterocycles. The molecule has 0 radical (unpaired) electrons. The van der Waals surface area contributed by atoms with Gasteiger partial charge in [0.05, 0.1) is 11.0 Å². The lowest BCUT2D eigenvalue weighted by Crippen LogP contribution is -2.34. The molecule has 2 rings (SSSR count). The van der Waals surface area contributed by atoms with Crippen LogP contribution in [0.2, 0.25) is 0 Å². The van der Waals surface area contributed by atoms with Gasteiger partial charge in [0.2, 0.25) is 4.63 Å². The number of rotatable bonds is 1. The Balaban J connectivity index is 2.33. The van der Waals surface area contributed by atoms with Crippen molar-refractivity contribution in [2.24, 2.45) is 0 Å². The lowest BCUT2D eigenvalue weighted by Gasteiger charge is -2.18. The molecule has 0 bridgehead atoms. The van der Waals surface area contributed by atoms with E-state index in [0.29, 0.717) is 5.33 Å². The van der Waals surface area contributed by atoms with Gasteiger partial charge in [-0.25, -0.2) is 0 Å². The molecule has 1 heterocycles. The Labute approximate surface area is 87.6 Å². The number of fused-ring (bicyclic) bond motifs is 1. The first kappa shape index (κ1) is 8.38. The summed E-state index contributed by atoms with van der Waals surface area (Å²) in [4.78, 5) is 0. The van der Waals surface area contributed by atoms with Crippen LogP contribution in [0.4, 0.5) is 5.69 Å². The molecule has 1 aromatic rings. The lowest BCUT2D eigenvalue weighted by molar-refractivity contribution is 0.253. The molecule has 0 aromatic heterocycles. The van der Waals surface area contributed by atoms with Crippen LogP contribution in [0, 0.1) is 0 Å². The summed E-state index contributed by atoms with van der Waals surface area (Å²) in [6.45, 7) is 0. The first-order valence-corrected chi connectivity index (χ1v) is 5.46. The van der Waals surface area contributed by atoms with Crippen LogP contribution in [-0.2, 0) is 0 Å². The van der Waals surface area contributed by atoms with E-state index in [2.05, 4.69) is 37.2 Å². The molecule has 2 nitrogen and oxygen atoms in total. The Bertz CT molecular complexity index is 278. The van der Waals surface area contributed by atoms with Crippen molar-refractivity contribution in [3.05, 3.63) is 24.3 Å². The molecular weight excluding hydrogens is 286 g/mol. The SMILES string of the molecule is BrCC1(Br)Nc2ccccc2O1. The highest BCUT2D eigenvalue weighted by Crippen LogP contribution is 2.39. The summed E-state index contributed by atoms with van der Waals surface area (Å²) in [5.41, 5.74) is 1.02. The average molecular weight is 293 g/mol. The Hall–Kier alpha value is -0.220. The van der Waals surface area contributed by atoms with Gasteiger partial charge in [0.25, 0.3) is 0 Å². The van der Waals surface area contributed by atoms with Crippen molar-refractivity contribution in [2.45, 2.75) is 4.63 Å². The number of hydrogen-bond acceptors (Lipinski definition) is 2. The average Bonchev–Trinajstić information content (AvgIpc) is 2.42. The molecule has 1 aromatic carbocycles. The van der Waals surface area contributed by atoms with Crippen molar-refractivity contribution in [1.29, 1.82) is 0 Å². The van der Waals surface area contributed by atoms with E-state index < -0.39 is 4.63 Å². The second kappa shape index (κ2) is 2.92. The fourth-order valence-electron chi connectivity index (χ4n) is 1.12. The van der Waals surface area contributed by atoms with E-state index in [0.717, 1.165) is 11.4 Å². The minimum absolute atomic E-state index is 0.476. The Morgan fingerprint density at radius 2 is 2.17 bits per heavy atom. The van der Waals surface area contributed by atoms with Crippen LogP contribution >= 0.6 is 31.9 Å². The van der Waals surface area contributed by atoms with E-state index in [1.54, 1.807) is 0 Å². The largest absolute Gasteiger partial charge is 0.455 e. The van der Waals surface area contributed by atoms with Crippen LogP contribution in [0.15, 0.2) is 24.3 Å². The Morgan fingerprint density at radius 3 is 2.83 bits per heavy atom. The van der Waals surface area contributed by atoms with E-state index in [9.17, 15) is 0 Å². The van der Waals surface area contributed by atoms with Crippen molar-refractivity contribution >= 4 is 37.5 Å². The molecule has 1 N–H and O–H groups in total. The van der Waals surface area contributed by atoms with Gasteiger partial charge in [-0.1, -0.05) is 28.1 Å². The van der Waals surface area contributed by atoms with Gasteiger partial charge in [0.1, 0.15) is 5.75 Å². The molecule has 12 heavy (non-hydrogen) atoms. The quantitative estimate of drug-likeness (QED) is 0.635. The van der Waals surface area contributed by atoms with Gasteiger partial charge in [0, 0.05) is 0 Å². The van der Waals surface area contributed by atoms with Gasteiger partial charge in [-0.15, -0.1) is 0 Å². The van der Waals surface area contributed by atoms with Gasteiger partial charge >= 0.3 is 0 Å². The van der Waals surface area contributed by atoms with E-state index >= 15 is 0 Å². The zero-order chi connectivity index (χ0) is 8.60. The summed E-state index contributed by atoms with van der Waals surface area (Å²) >= 11 is 6.80. The van der Waals surface area contributed by atoms with Crippen molar-refractivity contribution in [2.75, 3.05) is 10.6 Å². The third-order valence-corrected chi connectivity index (χ3v) is 3.83. The van der Waals surface area contributed by atoms with Gasteiger partial charge in [0.15, 0.2) is 0 Å². The van der Waals surface area contributed by atoms with Crippen molar-refractivity contribution < 1.29 is 4.74 Å². The van der Waals surface area contributed by atoms with Gasteiger partial charge in [-0.05, 0) is 28.1 Å². The zero-order valence-electron chi connectivity index (χ0n) is 6.18. The maximum atomic E-state index is 5.60. The fraction of sp³-hybridized carbons (Fsp3) is 0.250. The van der Waals surface area contributed by atoms with E-state index in [-0.39, 0.29) is 0 Å². The van der Waals surface area contributed by atoms with Crippen molar-refractivity contribution in [1.82, 2.24) is 0 Å².